The van der Waals surface area contributed by atoms with E-state index in [9.17, 15) is 20.5 Å². The van der Waals surface area contributed by atoms with Gasteiger partial charge in [-0.1, -0.05) is 30.4 Å². The summed E-state index contributed by atoms with van der Waals surface area (Å²) in [4.78, 5) is 10.6. The normalized spacial score (nSPS) is 23.0. The number of nitro groups is 1. The third-order valence-corrected chi connectivity index (χ3v) is 4.65. The Bertz CT molecular complexity index is 1030. The highest BCUT2D eigenvalue weighted by Gasteiger charge is 2.65. The van der Waals surface area contributed by atoms with Gasteiger partial charge >= 0.3 is 11.4 Å². The number of rotatable bonds is 1. The molecule has 0 saturated carbocycles. The lowest BCUT2D eigenvalue weighted by atomic mass is 9.86. The molecular weight excluding hydrogens is 338 g/mol. The van der Waals surface area contributed by atoms with Gasteiger partial charge in [0.15, 0.2) is 5.76 Å². The highest BCUT2D eigenvalue weighted by Crippen LogP contribution is 2.45. The number of likely N-dealkylation sites (N-methyl/N-ethyl adjacent to an activating group) is 1. The van der Waals surface area contributed by atoms with Crippen LogP contribution >= 0.6 is 0 Å². The van der Waals surface area contributed by atoms with Crippen LogP contribution in [0, 0.1) is 20.5 Å². The van der Waals surface area contributed by atoms with Gasteiger partial charge in [-0.2, -0.15) is 9.48 Å². The standard InChI is InChI=1S/C18H13N3O5/c1-19-14-9-3-2-4-10-16(14)26-18(19)13-8-6-5-7-12(13)15(20(22)23)11-17(18)21(24)25/h2-11H,1H3. The molecule has 8 nitrogen and oxygen atoms in total. The van der Waals surface area contributed by atoms with Gasteiger partial charge in [0.1, 0.15) is 7.05 Å². The van der Waals surface area contributed by atoms with E-state index in [-0.39, 0.29) is 5.71 Å². The van der Waals surface area contributed by atoms with E-state index in [1.165, 1.54) is 0 Å². The smallest absolute Gasteiger partial charge is 0.428 e. The first-order chi connectivity index (χ1) is 12.5. The number of hydrogen-bond acceptors (Lipinski definition) is 5. The summed E-state index contributed by atoms with van der Waals surface area (Å²) < 4.78 is 7.76. The van der Waals surface area contributed by atoms with Gasteiger partial charge in [0.2, 0.25) is 11.4 Å². The molecule has 0 fully saturated rings. The van der Waals surface area contributed by atoms with Gasteiger partial charge in [0.05, 0.1) is 22.1 Å². The fourth-order valence-corrected chi connectivity index (χ4v) is 3.51. The first kappa shape index (κ1) is 15.8. The molecule has 2 aliphatic carbocycles. The Morgan fingerprint density at radius 1 is 1.12 bits per heavy atom. The molecule has 3 aliphatic rings. The molecule has 1 heterocycles. The molecule has 1 spiro atoms. The molecule has 4 rings (SSSR count). The summed E-state index contributed by atoms with van der Waals surface area (Å²) in [5.74, 6) is 0.463. The molecule has 0 aromatic heterocycles. The Balaban J connectivity index is 2.09. The Morgan fingerprint density at radius 3 is 2.62 bits per heavy atom. The number of benzene rings is 1. The molecule has 0 N–H and O–H groups in total. The molecule has 26 heavy (non-hydrogen) atoms. The second kappa shape index (κ2) is 5.41. The van der Waals surface area contributed by atoms with Gasteiger partial charge in [-0.3, -0.25) is 10.1 Å². The highest BCUT2D eigenvalue weighted by molar-refractivity contribution is 6.09. The maximum atomic E-state index is 11.8. The van der Waals surface area contributed by atoms with Crippen LogP contribution in [0.4, 0.5) is 0 Å². The summed E-state index contributed by atoms with van der Waals surface area (Å²) in [5, 5.41) is 34.8. The molecule has 1 atom stereocenters. The molecular formula is C18H13N3O5. The molecule has 0 bridgehead atoms. The van der Waals surface area contributed by atoms with Crippen LogP contribution in [-0.4, -0.2) is 32.9 Å². The van der Waals surface area contributed by atoms with E-state index in [0.717, 1.165) is 6.08 Å². The molecule has 8 heteroatoms. The topological polar surface area (TPSA) is 105 Å². The number of ether oxygens (including phenoxy) is 1. The van der Waals surface area contributed by atoms with Gasteiger partial charge in [-0.05, 0) is 18.2 Å². The zero-order valence-electron chi connectivity index (χ0n) is 13.7. The summed E-state index contributed by atoms with van der Waals surface area (Å²) in [7, 11) is 1.68. The number of allylic oxidation sites excluding steroid dienone is 6. The summed E-state index contributed by atoms with van der Waals surface area (Å²) in [6.07, 6.45) is 9.89. The average Bonchev–Trinajstić information content (AvgIpc) is 2.77. The third-order valence-electron chi connectivity index (χ3n) is 4.65. The summed E-state index contributed by atoms with van der Waals surface area (Å²) >= 11 is 0. The molecule has 0 saturated heterocycles. The largest absolute Gasteiger partial charge is 0.612 e. The van der Waals surface area contributed by atoms with Gasteiger partial charge in [-0.25, -0.2) is 0 Å². The molecule has 1 unspecified atom stereocenters. The van der Waals surface area contributed by atoms with Crippen LogP contribution in [0.2, 0.25) is 0 Å². The van der Waals surface area contributed by atoms with Crippen molar-refractivity contribution in [3.63, 3.8) is 0 Å². The van der Waals surface area contributed by atoms with Crippen LogP contribution < -0.4 is 0 Å². The predicted molar refractivity (Wildman–Crippen MR) is 92.9 cm³/mol. The van der Waals surface area contributed by atoms with Crippen LogP contribution in [-0.2, 0) is 10.5 Å². The minimum Gasteiger partial charge on any atom is -0.612 e. The molecule has 0 radical (unpaired) electrons. The fraction of sp³-hybridized carbons (Fsp3) is 0.111. The van der Waals surface area contributed by atoms with Crippen molar-refractivity contribution in [2.75, 3.05) is 7.05 Å². The van der Waals surface area contributed by atoms with Gasteiger partial charge < -0.3 is 15.2 Å². The second-order valence-corrected chi connectivity index (χ2v) is 5.94. The van der Waals surface area contributed by atoms with Crippen LogP contribution in [0.15, 0.2) is 72.2 Å². The number of fused-ring (bicyclic) bond motifs is 3. The highest BCUT2D eigenvalue weighted by atomic mass is 16.8. The van der Waals surface area contributed by atoms with Gasteiger partial charge in [0, 0.05) is 6.08 Å². The van der Waals surface area contributed by atoms with E-state index in [4.69, 9.17) is 4.74 Å². The lowest BCUT2D eigenvalue weighted by Gasteiger charge is -2.27. The van der Waals surface area contributed by atoms with Crippen molar-refractivity contribution in [1.29, 1.82) is 0 Å². The number of nitrogens with zero attached hydrogens (tertiary/aromatic N) is 3. The van der Waals surface area contributed by atoms with Crippen molar-refractivity contribution in [2.24, 2.45) is 0 Å². The molecule has 0 amide bonds. The van der Waals surface area contributed by atoms with Crippen molar-refractivity contribution in [1.82, 2.24) is 0 Å². The van der Waals surface area contributed by atoms with Gasteiger partial charge in [0.25, 0.3) is 0 Å². The van der Waals surface area contributed by atoms with E-state index in [1.54, 1.807) is 60.2 Å². The third kappa shape index (κ3) is 1.95. The predicted octanol–water partition coefficient (Wildman–Crippen LogP) is 1.93. The Labute approximate surface area is 148 Å². The lowest BCUT2D eigenvalue weighted by Crippen LogP contribution is -2.45. The second-order valence-electron chi connectivity index (χ2n) is 5.94. The van der Waals surface area contributed by atoms with Crippen LogP contribution in [0.5, 0.6) is 0 Å². The van der Waals surface area contributed by atoms with E-state index >= 15 is 0 Å². The van der Waals surface area contributed by atoms with Crippen molar-refractivity contribution in [2.45, 2.75) is 5.72 Å². The quantitative estimate of drug-likeness (QED) is 0.333. The molecule has 1 aromatic carbocycles. The Kier molecular flexibility index (Phi) is 3.30. The lowest BCUT2D eigenvalue weighted by molar-refractivity contribution is -0.652. The number of hydrogen-bond donors (Lipinski definition) is 0. The van der Waals surface area contributed by atoms with Gasteiger partial charge in [-0.15, -0.1) is 0 Å². The van der Waals surface area contributed by atoms with Crippen molar-refractivity contribution < 1.29 is 19.1 Å². The van der Waals surface area contributed by atoms with Crippen LogP contribution in [0.3, 0.4) is 0 Å². The Hall–Kier alpha value is -3.68. The summed E-state index contributed by atoms with van der Waals surface area (Å²) in [6.45, 7) is 0. The van der Waals surface area contributed by atoms with E-state index in [2.05, 4.69) is 0 Å². The molecule has 1 aromatic rings. The van der Waals surface area contributed by atoms with Crippen molar-refractivity contribution in [3.8, 4) is 0 Å². The SMILES string of the molecule is C[N+]1=C2C=CC=CC=C2OC12C([N+](=O)[O-])=CC(=[N+]([O-])[O-])c1ccccc12. The monoisotopic (exact) mass is 351 g/mol. The van der Waals surface area contributed by atoms with Crippen LogP contribution in [0.25, 0.3) is 0 Å². The minimum absolute atomic E-state index is 0.298. The van der Waals surface area contributed by atoms with E-state index < -0.39 is 21.2 Å². The molecule has 1 aliphatic heterocycles. The van der Waals surface area contributed by atoms with E-state index in [0.29, 0.717) is 22.6 Å². The summed E-state index contributed by atoms with van der Waals surface area (Å²) in [6, 6.07) is 6.53. The van der Waals surface area contributed by atoms with E-state index in [1.807, 2.05) is 6.08 Å². The average molecular weight is 351 g/mol. The summed E-state index contributed by atoms with van der Waals surface area (Å²) in [5.41, 5.74) is -0.979. The Morgan fingerprint density at radius 2 is 1.88 bits per heavy atom. The first-order valence-electron chi connectivity index (χ1n) is 7.80. The maximum absolute atomic E-state index is 11.8. The molecule has 130 valence electrons. The zero-order valence-corrected chi connectivity index (χ0v) is 13.7. The zero-order chi connectivity index (χ0) is 18.5. The van der Waals surface area contributed by atoms with Crippen molar-refractivity contribution in [3.05, 3.63) is 104 Å². The minimum atomic E-state index is -1.57. The van der Waals surface area contributed by atoms with Crippen LogP contribution in [0.1, 0.15) is 11.1 Å². The first-order valence-corrected chi connectivity index (χ1v) is 7.80. The fourth-order valence-electron chi connectivity index (χ4n) is 3.51. The van der Waals surface area contributed by atoms with Crippen molar-refractivity contribution >= 4 is 11.4 Å². The maximum Gasteiger partial charge on any atom is 0.428 e.